The smallest absolute Gasteiger partial charge is 0.431 e. The van der Waals surface area contributed by atoms with Gasteiger partial charge in [0.05, 0.1) is 30.7 Å². The summed E-state index contributed by atoms with van der Waals surface area (Å²) in [6.07, 6.45) is -3.31. The van der Waals surface area contributed by atoms with Crippen LogP contribution in [0.25, 0.3) is 11.0 Å². The molecule has 174 valence electrons. The van der Waals surface area contributed by atoms with Crippen LogP contribution in [0.3, 0.4) is 0 Å². The van der Waals surface area contributed by atoms with Crippen LogP contribution in [0.15, 0.2) is 30.6 Å². The first kappa shape index (κ1) is 20.7. The Balaban J connectivity index is 1.38. The monoisotopic (exact) mass is 463 g/mol. The lowest BCUT2D eigenvalue weighted by atomic mass is 9.94. The van der Waals surface area contributed by atoms with E-state index in [2.05, 4.69) is 25.2 Å². The highest BCUT2D eigenvalue weighted by atomic mass is 19.4. The van der Waals surface area contributed by atoms with E-state index in [-0.39, 0.29) is 28.9 Å². The minimum Gasteiger partial charge on any atom is -0.491 e. The molecule has 2 saturated heterocycles. The summed E-state index contributed by atoms with van der Waals surface area (Å²) in [5.74, 6) is 1.18. The minimum absolute atomic E-state index is 0.0932. The van der Waals surface area contributed by atoms with E-state index in [0.29, 0.717) is 24.2 Å². The van der Waals surface area contributed by atoms with E-state index in [0.717, 1.165) is 37.9 Å². The Kier molecular flexibility index (Phi) is 4.73. The van der Waals surface area contributed by atoms with Crippen LogP contribution in [0, 0.1) is 17.7 Å². The zero-order chi connectivity index (χ0) is 22.7. The predicted molar refractivity (Wildman–Crippen MR) is 110 cm³/mol. The molecule has 0 bridgehead atoms. The molecule has 1 aromatic carbocycles. The molecule has 0 amide bonds. The molecule has 3 aliphatic rings. The minimum atomic E-state index is -4.53. The van der Waals surface area contributed by atoms with Crippen LogP contribution >= 0.6 is 0 Å². The van der Waals surface area contributed by atoms with Gasteiger partial charge in [0.25, 0.3) is 0 Å². The number of nitrogens with zero attached hydrogens (tertiary/aromatic N) is 3. The number of aromatic amines is 1. The Labute approximate surface area is 186 Å². The molecule has 33 heavy (non-hydrogen) atoms. The fraction of sp³-hybridized carbons (Fsp3) is 0.455. The van der Waals surface area contributed by atoms with E-state index in [4.69, 9.17) is 9.47 Å². The van der Waals surface area contributed by atoms with Crippen molar-refractivity contribution < 1.29 is 27.0 Å². The fourth-order valence-electron chi connectivity index (χ4n) is 5.21. The number of likely N-dealkylation sites (tertiary alicyclic amines) is 1. The summed E-state index contributed by atoms with van der Waals surface area (Å²) in [6, 6.07) is 4.89. The highest BCUT2D eigenvalue weighted by Gasteiger charge is 2.44. The van der Waals surface area contributed by atoms with Gasteiger partial charge in [-0.1, -0.05) is 6.07 Å². The summed E-state index contributed by atoms with van der Waals surface area (Å²) in [5.41, 5.74) is -0.0608. The number of H-pyrrole nitrogens is 1. The average molecular weight is 463 g/mol. The van der Waals surface area contributed by atoms with E-state index < -0.39 is 17.7 Å². The second kappa shape index (κ2) is 7.56. The summed E-state index contributed by atoms with van der Waals surface area (Å²) in [5, 5.41) is 3.58. The SMILES string of the molecule is Fc1ccc2c(c1)OC[C@H](N1CC3COC[C@H]3C1)[C@H]2Nc1ncnc2[nH]c(C(F)(F)F)cc12. The van der Waals surface area contributed by atoms with Crippen molar-refractivity contribution in [2.45, 2.75) is 18.3 Å². The van der Waals surface area contributed by atoms with Crippen molar-refractivity contribution >= 4 is 16.9 Å². The maximum absolute atomic E-state index is 13.9. The standard InChI is InChI=1S/C22H21F4N5O2/c23-13-1-2-14-17(3-13)33-9-16(31-5-11-7-32-8-12(11)6-31)19(14)30-21-15-4-18(22(24,25)26)29-20(15)27-10-28-21/h1-4,10-12,16,19H,5-9H2,(H2,27,28,29,30)/t11-,12?,16+,19+/m1/s1. The molecular formula is C22H21F4N5O2. The van der Waals surface area contributed by atoms with E-state index in [9.17, 15) is 17.6 Å². The molecule has 5 heterocycles. The number of aromatic nitrogens is 3. The lowest BCUT2D eigenvalue weighted by Gasteiger charge is -2.40. The number of fused-ring (bicyclic) bond motifs is 3. The third kappa shape index (κ3) is 3.59. The van der Waals surface area contributed by atoms with Gasteiger partial charge in [-0.3, -0.25) is 4.90 Å². The normalized spacial score (nSPS) is 27.4. The molecule has 4 atom stereocenters. The van der Waals surface area contributed by atoms with E-state index in [1.54, 1.807) is 6.07 Å². The zero-order valence-electron chi connectivity index (χ0n) is 17.4. The van der Waals surface area contributed by atoms with Crippen LogP contribution in [0.1, 0.15) is 17.3 Å². The number of anilines is 1. The summed E-state index contributed by atoms with van der Waals surface area (Å²) in [6.45, 7) is 3.46. The summed E-state index contributed by atoms with van der Waals surface area (Å²) < 4.78 is 65.2. The van der Waals surface area contributed by atoms with E-state index in [1.165, 1.54) is 18.5 Å². The third-order valence-electron chi connectivity index (χ3n) is 6.87. The molecule has 0 radical (unpaired) electrons. The van der Waals surface area contributed by atoms with Crippen molar-refractivity contribution in [3.8, 4) is 5.75 Å². The molecule has 0 spiro atoms. The number of rotatable bonds is 3. The van der Waals surface area contributed by atoms with Crippen molar-refractivity contribution in [2.75, 3.05) is 38.2 Å². The van der Waals surface area contributed by atoms with Gasteiger partial charge in [-0.15, -0.1) is 0 Å². The van der Waals surface area contributed by atoms with Gasteiger partial charge in [0.15, 0.2) is 0 Å². The molecule has 3 aliphatic heterocycles. The zero-order valence-corrected chi connectivity index (χ0v) is 17.4. The molecule has 7 nitrogen and oxygen atoms in total. The lowest BCUT2D eigenvalue weighted by molar-refractivity contribution is -0.140. The molecule has 6 rings (SSSR count). The highest BCUT2D eigenvalue weighted by Crippen LogP contribution is 2.41. The Morgan fingerprint density at radius 3 is 2.61 bits per heavy atom. The van der Waals surface area contributed by atoms with Gasteiger partial charge in [0.1, 0.15) is 41.7 Å². The van der Waals surface area contributed by atoms with Gasteiger partial charge in [0.2, 0.25) is 0 Å². The Bertz CT molecular complexity index is 1190. The first-order chi connectivity index (χ1) is 15.9. The maximum Gasteiger partial charge on any atom is 0.431 e. The van der Waals surface area contributed by atoms with Crippen molar-refractivity contribution in [1.29, 1.82) is 0 Å². The van der Waals surface area contributed by atoms with Gasteiger partial charge in [0, 0.05) is 36.6 Å². The van der Waals surface area contributed by atoms with Gasteiger partial charge in [-0.25, -0.2) is 14.4 Å². The molecule has 11 heteroatoms. The Morgan fingerprint density at radius 2 is 1.85 bits per heavy atom. The van der Waals surface area contributed by atoms with Gasteiger partial charge >= 0.3 is 6.18 Å². The van der Waals surface area contributed by atoms with E-state index in [1.807, 2.05) is 0 Å². The van der Waals surface area contributed by atoms with Crippen LogP contribution in [-0.4, -0.2) is 58.8 Å². The quantitative estimate of drug-likeness (QED) is 0.579. The number of ether oxygens (including phenoxy) is 2. The number of alkyl halides is 3. The molecule has 2 N–H and O–H groups in total. The Hall–Kier alpha value is -2.92. The molecule has 0 saturated carbocycles. The molecule has 2 fully saturated rings. The summed E-state index contributed by atoms with van der Waals surface area (Å²) in [4.78, 5) is 12.8. The molecular weight excluding hydrogens is 442 g/mol. The number of halogens is 4. The van der Waals surface area contributed by atoms with Gasteiger partial charge in [-0.05, 0) is 12.1 Å². The largest absolute Gasteiger partial charge is 0.491 e. The third-order valence-corrected chi connectivity index (χ3v) is 6.87. The maximum atomic E-state index is 13.9. The van der Waals surface area contributed by atoms with Crippen molar-refractivity contribution in [2.24, 2.45) is 11.8 Å². The topological polar surface area (TPSA) is 75.3 Å². The number of benzene rings is 1. The average Bonchev–Trinajstić information content (AvgIpc) is 3.48. The second-order valence-electron chi connectivity index (χ2n) is 8.86. The Morgan fingerprint density at radius 1 is 1.06 bits per heavy atom. The molecule has 2 aromatic heterocycles. The number of nitrogens with one attached hydrogen (secondary N) is 2. The number of hydrogen-bond acceptors (Lipinski definition) is 6. The fourth-order valence-corrected chi connectivity index (χ4v) is 5.21. The van der Waals surface area contributed by atoms with Crippen LogP contribution in [0.5, 0.6) is 5.75 Å². The summed E-state index contributed by atoms with van der Waals surface area (Å²) >= 11 is 0. The van der Waals surface area contributed by atoms with Gasteiger partial charge in [-0.2, -0.15) is 13.2 Å². The van der Waals surface area contributed by atoms with Crippen molar-refractivity contribution in [3.05, 3.63) is 47.7 Å². The van der Waals surface area contributed by atoms with Crippen LogP contribution in [0.4, 0.5) is 23.4 Å². The highest BCUT2D eigenvalue weighted by molar-refractivity contribution is 5.88. The predicted octanol–water partition coefficient (Wildman–Crippen LogP) is 3.61. The van der Waals surface area contributed by atoms with Crippen LogP contribution in [-0.2, 0) is 10.9 Å². The van der Waals surface area contributed by atoms with Crippen LogP contribution < -0.4 is 10.1 Å². The molecule has 1 unspecified atom stereocenters. The molecule has 3 aromatic rings. The first-order valence-corrected chi connectivity index (χ1v) is 10.8. The van der Waals surface area contributed by atoms with Crippen LogP contribution in [0.2, 0.25) is 0 Å². The van der Waals surface area contributed by atoms with Gasteiger partial charge < -0.3 is 19.8 Å². The summed E-state index contributed by atoms with van der Waals surface area (Å²) in [7, 11) is 0. The molecule has 0 aliphatic carbocycles. The van der Waals surface area contributed by atoms with Crippen molar-refractivity contribution in [1.82, 2.24) is 19.9 Å². The first-order valence-electron chi connectivity index (χ1n) is 10.8. The van der Waals surface area contributed by atoms with E-state index >= 15 is 0 Å². The van der Waals surface area contributed by atoms with Crippen molar-refractivity contribution in [3.63, 3.8) is 0 Å². The second-order valence-corrected chi connectivity index (χ2v) is 8.86. The lowest BCUT2D eigenvalue weighted by Crippen LogP contribution is -2.48. The number of hydrogen-bond donors (Lipinski definition) is 2.